The molecule has 2 fully saturated rings. The van der Waals surface area contributed by atoms with Crippen LogP contribution < -0.4 is 32.7 Å². The Labute approximate surface area is 265 Å². The van der Waals surface area contributed by atoms with Gasteiger partial charge in [-0.25, -0.2) is 9.98 Å². The van der Waals surface area contributed by atoms with Crippen LogP contribution in [0.5, 0.6) is 0 Å². The first kappa shape index (κ1) is 28.9. The van der Waals surface area contributed by atoms with Crippen LogP contribution in [0.2, 0.25) is 0 Å². The number of carbonyl (C=O) groups is 2. The van der Waals surface area contributed by atoms with Crippen LogP contribution in [0.25, 0.3) is 0 Å². The number of nitrogens with one attached hydrogen (secondary N) is 6. The van der Waals surface area contributed by atoms with E-state index in [9.17, 15) is 19.8 Å². The molecule has 1 spiro atoms. The number of carbonyl (C=O) groups excluding carboxylic acids is 2. The highest BCUT2D eigenvalue weighted by Crippen LogP contribution is 2.57. The van der Waals surface area contributed by atoms with Gasteiger partial charge in [-0.15, -0.1) is 0 Å². The topological polar surface area (TPSA) is 240 Å². The van der Waals surface area contributed by atoms with Crippen LogP contribution in [0, 0.1) is 17.8 Å². The van der Waals surface area contributed by atoms with Crippen molar-refractivity contribution in [1.29, 1.82) is 0 Å². The molecule has 0 unspecified atom stereocenters. The van der Waals surface area contributed by atoms with Crippen molar-refractivity contribution in [3.8, 4) is 0 Å². The monoisotopic (exact) mass is 824 g/mol. The average Bonchev–Trinajstić information content (AvgIpc) is 3.66. The van der Waals surface area contributed by atoms with Gasteiger partial charge in [-0.05, 0) is 81.8 Å². The van der Waals surface area contributed by atoms with E-state index in [2.05, 4.69) is 105 Å². The van der Waals surface area contributed by atoms with Crippen LogP contribution in [0.1, 0.15) is 21.0 Å². The molecule has 1 saturated heterocycles. The number of nitrogens with two attached hydrogens (primary N) is 2. The molecule has 41 heavy (non-hydrogen) atoms. The summed E-state index contributed by atoms with van der Waals surface area (Å²) in [5, 5.41) is 35.5. The summed E-state index contributed by atoms with van der Waals surface area (Å²) in [6.45, 7) is -0.0420. The molecule has 0 radical (unpaired) electrons. The summed E-state index contributed by atoms with van der Waals surface area (Å²) < 4.78 is 8.51. The number of aromatic amines is 2. The van der Waals surface area contributed by atoms with Crippen LogP contribution in [-0.4, -0.2) is 86.8 Å². The van der Waals surface area contributed by atoms with Crippen molar-refractivity contribution >= 4 is 87.5 Å². The molecule has 5 heterocycles. The van der Waals surface area contributed by atoms with Crippen molar-refractivity contribution in [2.45, 2.75) is 29.8 Å². The van der Waals surface area contributed by atoms with Gasteiger partial charge < -0.3 is 57.7 Å². The zero-order valence-electron chi connectivity index (χ0n) is 20.7. The van der Waals surface area contributed by atoms with E-state index < -0.39 is 59.4 Å². The van der Waals surface area contributed by atoms with E-state index in [1.165, 1.54) is 0 Å². The number of rotatable bonds is 6. The molecule has 2 aromatic rings. The zero-order valence-corrected chi connectivity index (χ0v) is 27.1. The van der Waals surface area contributed by atoms with Crippen molar-refractivity contribution in [2.75, 3.05) is 13.1 Å². The lowest BCUT2D eigenvalue weighted by atomic mass is 9.71. The van der Waals surface area contributed by atoms with E-state index in [0.29, 0.717) is 18.2 Å². The van der Waals surface area contributed by atoms with E-state index in [1.54, 1.807) is 12.1 Å². The van der Waals surface area contributed by atoms with Crippen LogP contribution >= 0.6 is 63.7 Å². The van der Waals surface area contributed by atoms with Crippen LogP contribution in [-0.2, 0) is 4.74 Å². The second-order valence-electron chi connectivity index (χ2n) is 10.2. The number of aliphatic hydroxyl groups excluding tert-OH is 1. The lowest BCUT2D eigenvalue weighted by molar-refractivity contribution is -0.243. The second-order valence-corrected chi connectivity index (χ2v) is 13.5. The Bertz CT molecular complexity index is 1460. The first-order valence-corrected chi connectivity index (χ1v) is 15.5. The van der Waals surface area contributed by atoms with Gasteiger partial charge >= 0.3 is 0 Å². The van der Waals surface area contributed by atoms with Gasteiger partial charge in [-0.1, -0.05) is 0 Å². The molecule has 1 aliphatic carbocycles. The van der Waals surface area contributed by atoms with E-state index in [-0.39, 0.29) is 36.4 Å². The molecular formula is C22H24Br4N10O5. The van der Waals surface area contributed by atoms with Crippen LogP contribution in [0.4, 0.5) is 0 Å². The van der Waals surface area contributed by atoms with Crippen LogP contribution in [0.3, 0.4) is 0 Å². The fourth-order valence-electron chi connectivity index (χ4n) is 6.42. The second kappa shape index (κ2) is 10.2. The predicted octanol–water partition coefficient (Wildman–Crippen LogP) is -0.279. The first-order valence-electron chi connectivity index (χ1n) is 12.3. The molecule has 2 amide bonds. The van der Waals surface area contributed by atoms with E-state index in [0.717, 1.165) is 0 Å². The summed E-state index contributed by atoms with van der Waals surface area (Å²) in [4.78, 5) is 40.5. The first-order chi connectivity index (χ1) is 19.3. The molecule has 8 atom stereocenters. The highest BCUT2D eigenvalue weighted by atomic mass is 79.9. The van der Waals surface area contributed by atoms with E-state index in [4.69, 9.17) is 16.2 Å². The van der Waals surface area contributed by atoms with Gasteiger partial charge in [0, 0.05) is 24.9 Å². The average molecular weight is 828 g/mol. The van der Waals surface area contributed by atoms with Gasteiger partial charge in [-0.3, -0.25) is 9.59 Å². The number of hydrogen-bond donors (Lipinski definition) is 10. The number of aromatic nitrogens is 2. The molecule has 15 nitrogen and oxygen atoms in total. The number of ether oxygens (including phenoxy) is 1. The fourth-order valence-corrected chi connectivity index (χ4v) is 7.73. The number of hydrogen-bond acceptors (Lipinski definition) is 11. The molecule has 0 bridgehead atoms. The van der Waals surface area contributed by atoms with E-state index in [1.807, 2.05) is 0 Å². The summed E-state index contributed by atoms with van der Waals surface area (Å²) in [5.41, 5.74) is 9.26. The molecule has 3 aliphatic heterocycles. The Morgan fingerprint density at radius 3 is 1.95 bits per heavy atom. The highest BCUT2D eigenvalue weighted by Gasteiger charge is 2.76. The summed E-state index contributed by atoms with van der Waals surface area (Å²) in [5.74, 6) is -3.18. The molecule has 4 aliphatic rings. The minimum absolute atomic E-state index is 0.00854. The number of H-pyrrole nitrogens is 2. The van der Waals surface area contributed by atoms with Gasteiger partial charge in [0.05, 0.1) is 24.3 Å². The van der Waals surface area contributed by atoms with Crippen molar-refractivity contribution in [1.82, 2.24) is 31.2 Å². The van der Waals surface area contributed by atoms with Gasteiger partial charge in [0.15, 0.2) is 23.9 Å². The van der Waals surface area contributed by atoms with Crippen molar-refractivity contribution in [2.24, 2.45) is 39.2 Å². The summed E-state index contributed by atoms with van der Waals surface area (Å²) in [6, 6.07) is 3.23. The molecule has 12 N–H and O–H groups in total. The third-order valence-electron chi connectivity index (χ3n) is 8.03. The molecule has 220 valence electrons. The lowest BCUT2D eigenvalue weighted by Crippen LogP contribution is -2.76. The third-order valence-corrected chi connectivity index (χ3v) is 11.6. The third kappa shape index (κ3) is 4.51. The number of fused-ring (bicyclic) bond motifs is 2. The predicted molar refractivity (Wildman–Crippen MR) is 159 cm³/mol. The smallest absolute Gasteiger partial charge is 0.267 e. The van der Waals surface area contributed by atoms with Gasteiger partial charge in [0.25, 0.3) is 11.8 Å². The van der Waals surface area contributed by atoms with Crippen molar-refractivity contribution in [3.63, 3.8) is 0 Å². The maximum atomic E-state index is 13.1. The Hall–Kier alpha value is -2.16. The Balaban J connectivity index is 1.34. The quantitative estimate of drug-likeness (QED) is 0.184. The van der Waals surface area contributed by atoms with E-state index >= 15 is 0 Å². The largest absolute Gasteiger partial charge is 0.390 e. The van der Waals surface area contributed by atoms with Gasteiger partial charge in [0.1, 0.15) is 16.9 Å². The van der Waals surface area contributed by atoms with Crippen LogP contribution in [0.15, 0.2) is 40.3 Å². The molecule has 6 rings (SSSR count). The number of guanidine groups is 2. The standard InChI is InChI=1S/C22H24Br4N10O5/c23-7-1-9(31-13(7)25)15(38)29-3-5-6(4-30-16(39)10-2-8(24)14(26)32-10)12(37)21-11(5)22(40)18(34-20(28)36-22)41-17(21)33-19(27)35-21/h1-2,5-6,11-12,17-18,31-32,37,40H,3-4H2,(H,29,38)(H,30,39)(H3,27,33,35)(H3,28,34,36)/t5-,6-,11+,12+,17+,18-,21+,22-/m1/s1. The normalized spacial score (nSPS) is 35.0. The lowest BCUT2D eigenvalue weighted by Gasteiger charge is -2.51. The zero-order chi connectivity index (χ0) is 29.4. The number of aliphatic imine (C=N–C) groups is 2. The van der Waals surface area contributed by atoms with Gasteiger partial charge in [-0.2, -0.15) is 0 Å². The summed E-state index contributed by atoms with van der Waals surface area (Å²) in [6.07, 6.45) is -3.45. The number of aliphatic hydroxyl groups is 2. The fraction of sp³-hybridized carbons (Fsp3) is 0.455. The maximum Gasteiger partial charge on any atom is 0.267 e. The van der Waals surface area contributed by atoms with Crippen molar-refractivity contribution in [3.05, 3.63) is 41.7 Å². The maximum absolute atomic E-state index is 13.1. The van der Waals surface area contributed by atoms with Crippen molar-refractivity contribution < 1.29 is 24.5 Å². The molecular weight excluding hydrogens is 804 g/mol. The highest BCUT2D eigenvalue weighted by molar-refractivity contribution is 9.13. The minimum atomic E-state index is -1.89. The Morgan fingerprint density at radius 2 is 1.41 bits per heavy atom. The summed E-state index contributed by atoms with van der Waals surface area (Å²) >= 11 is 13.3. The SMILES string of the molecule is NC1=N[C@@H]2O[C@@H]3N=C(N)N[C@]34[C@H]([C@H](CNC(=O)c3cc(Br)c(Br)[nH]3)[C@@H](CNC(=O)c3cc(Br)c(Br)[nH]3)[C@@H]4O)[C@]2(O)N1. The minimum Gasteiger partial charge on any atom is -0.390 e. The summed E-state index contributed by atoms with van der Waals surface area (Å²) in [7, 11) is 0. The molecule has 2 aromatic heterocycles. The molecule has 0 aromatic carbocycles. The molecule has 1 saturated carbocycles. The number of nitrogens with zero attached hydrogens (tertiary/aromatic N) is 2. The molecule has 19 heteroatoms. The Morgan fingerprint density at radius 1 is 0.902 bits per heavy atom. The number of halogens is 4. The Kier molecular flexibility index (Phi) is 7.22. The number of amides is 2. The van der Waals surface area contributed by atoms with Gasteiger partial charge in [0.2, 0.25) is 6.23 Å².